The minimum Gasteiger partial charge on any atom is -0.466 e. The Morgan fingerprint density at radius 2 is 1.97 bits per heavy atom. The van der Waals surface area contributed by atoms with E-state index in [4.69, 9.17) is 16.3 Å². The predicted molar refractivity (Wildman–Crippen MR) is 100 cm³/mol. The third kappa shape index (κ3) is 4.87. The number of carbonyl (C=O) groups excluding carboxylic acids is 1. The number of halogens is 5. The fourth-order valence-corrected chi connectivity index (χ4v) is 3.15. The Morgan fingerprint density at radius 1 is 1.21 bits per heavy atom. The van der Waals surface area contributed by atoms with E-state index in [0.29, 0.717) is 11.1 Å². The average molecular weight is 429 g/mol. The molecule has 0 saturated heterocycles. The first-order valence-electron chi connectivity index (χ1n) is 8.85. The summed E-state index contributed by atoms with van der Waals surface area (Å²) in [4.78, 5) is 11.6. The van der Waals surface area contributed by atoms with Crippen molar-refractivity contribution in [1.29, 1.82) is 0 Å². The summed E-state index contributed by atoms with van der Waals surface area (Å²) < 4.78 is 59.9. The number of hydrogen-bond donors (Lipinski definition) is 0. The SMILES string of the molecule is CCOC(=O)CCc1nn(Cc2ccc(Cl)cc2F)c2cc(C(F)(F)F)ccc12. The summed E-state index contributed by atoms with van der Waals surface area (Å²) in [6.45, 7) is 1.83. The lowest BCUT2D eigenvalue weighted by Crippen LogP contribution is -2.07. The van der Waals surface area contributed by atoms with Crippen LogP contribution in [0.1, 0.15) is 30.2 Å². The third-order valence-electron chi connectivity index (χ3n) is 4.36. The van der Waals surface area contributed by atoms with Crippen LogP contribution in [0, 0.1) is 5.82 Å². The maximum atomic E-state index is 14.2. The van der Waals surface area contributed by atoms with E-state index in [1.807, 2.05) is 0 Å². The summed E-state index contributed by atoms with van der Waals surface area (Å²) in [7, 11) is 0. The molecule has 0 aliphatic heterocycles. The molecule has 0 aliphatic carbocycles. The molecule has 0 radical (unpaired) electrons. The molecule has 0 N–H and O–H groups in total. The largest absolute Gasteiger partial charge is 0.466 e. The smallest absolute Gasteiger partial charge is 0.416 e. The van der Waals surface area contributed by atoms with Gasteiger partial charge in [-0.2, -0.15) is 18.3 Å². The molecule has 0 amide bonds. The second-order valence-electron chi connectivity index (χ2n) is 6.37. The number of hydrogen-bond acceptors (Lipinski definition) is 3. The van der Waals surface area contributed by atoms with Gasteiger partial charge in [-0.25, -0.2) is 4.39 Å². The molecule has 154 valence electrons. The zero-order valence-electron chi connectivity index (χ0n) is 15.4. The number of benzene rings is 2. The van der Waals surface area contributed by atoms with Crippen LogP contribution in [-0.2, 0) is 28.7 Å². The predicted octanol–water partition coefficient (Wildman–Crippen LogP) is 5.39. The summed E-state index contributed by atoms with van der Waals surface area (Å²) in [5, 5.41) is 5.03. The lowest BCUT2D eigenvalue weighted by Gasteiger charge is -2.09. The minimum atomic E-state index is -4.53. The van der Waals surface area contributed by atoms with Crippen molar-refractivity contribution in [2.75, 3.05) is 6.61 Å². The molecular weight excluding hydrogens is 412 g/mol. The molecule has 0 fully saturated rings. The Kier molecular flexibility index (Phi) is 6.12. The van der Waals surface area contributed by atoms with E-state index in [1.165, 1.54) is 22.9 Å². The van der Waals surface area contributed by atoms with Gasteiger partial charge in [0.05, 0.1) is 36.3 Å². The molecule has 3 rings (SSSR count). The number of fused-ring (bicyclic) bond motifs is 1. The van der Waals surface area contributed by atoms with Gasteiger partial charge < -0.3 is 4.74 Å². The zero-order chi connectivity index (χ0) is 21.2. The average Bonchev–Trinajstić information content (AvgIpc) is 2.99. The highest BCUT2D eigenvalue weighted by Crippen LogP contribution is 2.33. The summed E-state index contributed by atoms with van der Waals surface area (Å²) in [6.07, 6.45) is -4.30. The van der Waals surface area contributed by atoms with E-state index in [-0.39, 0.29) is 42.1 Å². The molecule has 0 spiro atoms. The number of nitrogens with zero attached hydrogens (tertiary/aromatic N) is 2. The van der Waals surface area contributed by atoms with Crippen LogP contribution >= 0.6 is 11.6 Å². The number of esters is 1. The molecule has 1 heterocycles. The summed E-state index contributed by atoms with van der Waals surface area (Å²) in [5.41, 5.74) is 0.0389. The van der Waals surface area contributed by atoms with Crippen LogP contribution in [0.4, 0.5) is 17.6 Å². The maximum absolute atomic E-state index is 14.2. The van der Waals surface area contributed by atoms with Gasteiger partial charge in [0.2, 0.25) is 0 Å². The quantitative estimate of drug-likeness (QED) is 0.390. The van der Waals surface area contributed by atoms with E-state index in [2.05, 4.69) is 5.10 Å². The van der Waals surface area contributed by atoms with Crippen LogP contribution in [0.25, 0.3) is 10.9 Å². The number of carbonyl (C=O) groups is 1. The summed E-state index contributed by atoms with van der Waals surface area (Å²) in [6, 6.07) is 7.34. The van der Waals surface area contributed by atoms with Crippen molar-refractivity contribution in [3.05, 3.63) is 64.1 Å². The molecule has 4 nitrogen and oxygen atoms in total. The number of ether oxygens (including phenoxy) is 1. The number of rotatable bonds is 6. The normalized spacial score (nSPS) is 11.8. The highest BCUT2D eigenvalue weighted by Gasteiger charge is 2.31. The molecule has 2 aromatic carbocycles. The minimum absolute atomic E-state index is 0.0380. The van der Waals surface area contributed by atoms with Gasteiger partial charge in [0, 0.05) is 22.4 Å². The van der Waals surface area contributed by atoms with Gasteiger partial charge >= 0.3 is 12.1 Å². The van der Waals surface area contributed by atoms with Crippen LogP contribution in [0.5, 0.6) is 0 Å². The Morgan fingerprint density at radius 3 is 2.62 bits per heavy atom. The van der Waals surface area contributed by atoms with E-state index in [9.17, 15) is 22.4 Å². The van der Waals surface area contributed by atoms with Gasteiger partial charge in [-0.3, -0.25) is 9.48 Å². The van der Waals surface area contributed by atoms with Gasteiger partial charge in [0.25, 0.3) is 0 Å². The van der Waals surface area contributed by atoms with Crippen LogP contribution in [0.15, 0.2) is 36.4 Å². The van der Waals surface area contributed by atoms with Gasteiger partial charge in [-0.1, -0.05) is 23.7 Å². The molecule has 0 bridgehead atoms. The molecule has 29 heavy (non-hydrogen) atoms. The second-order valence-corrected chi connectivity index (χ2v) is 6.81. The zero-order valence-corrected chi connectivity index (χ0v) is 16.1. The third-order valence-corrected chi connectivity index (χ3v) is 4.60. The van der Waals surface area contributed by atoms with Gasteiger partial charge in [-0.15, -0.1) is 0 Å². The fraction of sp³-hybridized carbons (Fsp3) is 0.300. The molecule has 0 atom stereocenters. The Labute approximate surface area is 169 Å². The molecule has 1 aromatic heterocycles. The summed E-state index contributed by atoms with van der Waals surface area (Å²) in [5.74, 6) is -1.01. The van der Waals surface area contributed by atoms with Crippen molar-refractivity contribution in [3.63, 3.8) is 0 Å². The van der Waals surface area contributed by atoms with E-state index >= 15 is 0 Å². The first-order chi connectivity index (χ1) is 13.7. The fourth-order valence-electron chi connectivity index (χ4n) is 2.99. The first-order valence-corrected chi connectivity index (χ1v) is 9.23. The second kappa shape index (κ2) is 8.41. The highest BCUT2D eigenvalue weighted by atomic mass is 35.5. The van der Waals surface area contributed by atoms with Crippen molar-refractivity contribution >= 4 is 28.5 Å². The molecular formula is C20H17ClF4N2O2. The number of aryl methyl sites for hydroxylation is 1. The van der Waals surface area contributed by atoms with Crippen LogP contribution in [0.2, 0.25) is 5.02 Å². The number of aromatic nitrogens is 2. The van der Waals surface area contributed by atoms with Crippen LogP contribution in [0.3, 0.4) is 0 Å². The first kappa shape index (κ1) is 21.1. The van der Waals surface area contributed by atoms with Gasteiger partial charge in [0.15, 0.2) is 0 Å². The van der Waals surface area contributed by atoms with Crippen molar-refractivity contribution < 1.29 is 27.1 Å². The number of alkyl halides is 3. The molecule has 0 aliphatic rings. The van der Waals surface area contributed by atoms with E-state index in [1.54, 1.807) is 6.92 Å². The van der Waals surface area contributed by atoms with Crippen molar-refractivity contribution in [2.24, 2.45) is 0 Å². The van der Waals surface area contributed by atoms with Crippen molar-refractivity contribution in [1.82, 2.24) is 9.78 Å². The lowest BCUT2D eigenvalue weighted by molar-refractivity contribution is -0.143. The molecule has 0 saturated carbocycles. The molecule has 0 unspecified atom stereocenters. The summed E-state index contributed by atoms with van der Waals surface area (Å²) >= 11 is 5.76. The van der Waals surface area contributed by atoms with E-state index < -0.39 is 23.5 Å². The van der Waals surface area contributed by atoms with Crippen molar-refractivity contribution in [2.45, 2.75) is 32.5 Å². The highest BCUT2D eigenvalue weighted by molar-refractivity contribution is 6.30. The van der Waals surface area contributed by atoms with Crippen LogP contribution in [-0.4, -0.2) is 22.4 Å². The van der Waals surface area contributed by atoms with E-state index in [0.717, 1.165) is 18.2 Å². The van der Waals surface area contributed by atoms with Crippen LogP contribution < -0.4 is 0 Å². The Balaban J connectivity index is 2.02. The van der Waals surface area contributed by atoms with Crippen molar-refractivity contribution in [3.8, 4) is 0 Å². The Bertz CT molecular complexity index is 1050. The molecule has 9 heteroatoms. The standard InChI is InChI=1S/C20H17ClF4N2O2/c1-2-29-19(28)8-7-17-15-6-4-13(20(23,24)25)9-18(15)27(26-17)11-12-3-5-14(21)10-16(12)22/h3-6,9-10H,2,7-8,11H2,1H3. The van der Waals surface area contributed by atoms with Gasteiger partial charge in [-0.05, 0) is 31.2 Å². The monoisotopic (exact) mass is 428 g/mol. The Hall–Kier alpha value is -2.61. The lowest BCUT2D eigenvalue weighted by atomic mass is 10.1. The van der Waals surface area contributed by atoms with Gasteiger partial charge in [0.1, 0.15) is 5.82 Å². The maximum Gasteiger partial charge on any atom is 0.416 e. The molecule has 3 aromatic rings. The topological polar surface area (TPSA) is 44.1 Å².